The van der Waals surface area contributed by atoms with Crippen LogP contribution in [0.4, 0.5) is 34.6 Å². The molecule has 3 aromatic carbocycles. The molecule has 1 amide bonds. The van der Waals surface area contributed by atoms with Gasteiger partial charge in [-0.25, -0.2) is 26.0 Å². The summed E-state index contributed by atoms with van der Waals surface area (Å²) in [5.41, 5.74) is 1.83. The highest BCUT2D eigenvalue weighted by Gasteiger charge is 2.35. The summed E-state index contributed by atoms with van der Waals surface area (Å²) in [7, 11) is -2.15. The van der Waals surface area contributed by atoms with Gasteiger partial charge in [0.05, 0.1) is 18.6 Å². The smallest absolute Gasteiger partial charge is 0.270 e. The van der Waals surface area contributed by atoms with Crippen LogP contribution in [0.15, 0.2) is 60.7 Å². The van der Waals surface area contributed by atoms with Gasteiger partial charge >= 0.3 is 0 Å². The van der Waals surface area contributed by atoms with E-state index in [4.69, 9.17) is 4.74 Å². The van der Waals surface area contributed by atoms with Gasteiger partial charge in [0.25, 0.3) is 17.8 Å². The number of carbonyl (C=O) groups excluding carboxylic acids is 1. The summed E-state index contributed by atoms with van der Waals surface area (Å²) in [6.45, 7) is 2.49. The van der Waals surface area contributed by atoms with Gasteiger partial charge in [-0.1, -0.05) is 24.3 Å². The molecule has 3 aromatic rings. The lowest BCUT2D eigenvalue weighted by Crippen LogP contribution is -2.39. The van der Waals surface area contributed by atoms with Crippen LogP contribution < -0.4 is 19.7 Å². The van der Waals surface area contributed by atoms with Gasteiger partial charge in [-0.05, 0) is 54.4 Å². The van der Waals surface area contributed by atoms with Crippen molar-refractivity contribution in [2.45, 2.75) is 38.5 Å². The van der Waals surface area contributed by atoms with Crippen molar-refractivity contribution in [3.05, 3.63) is 71.8 Å². The first-order valence-corrected chi connectivity index (χ1v) is 14.6. The monoisotopic (exact) mass is 593 g/mol. The first kappa shape index (κ1) is 30.2. The number of amides is 1. The molecule has 0 unspecified atom stereocenters. The third-order valence-electron chi connectivity index (χ3n) is 6.89. The quantitative estimate of drug-likeness (QED) is 0.269. The lowest BCUT2D eigenvalue weighted by molar-refractivity contribution is -0.0221. The van der Waals surface area contributed by atoms with Crippen LogP contribution >= 0.6 is 0 Å². The van der Waals surface area contributed by atoms with E-state index in [0.717, 1.165) is 6.92 Å². The zero-order chi connectivity index (χ0) is 30.0. The second-order valence-electron chi connectivity index (χ2n) is 9.92. The molecule has 0 atom stereocenters. The average Bonchev–Trinajstić information content (AvgIpc) is 2.92. The Morgan fingerprint density at radius 1 is 1.00 bits per heavy atom. The van der Waals surface area contributed by atoms with Gasteiger partial charge in [0.2, 0.25) is 10.0 Å². The van der Waals surface area contributed by atoms with E-state index >= 15 is 0 Å². The summed E-state index contributed by atoms with van der Waals surface area (Å²) >= 11 is 0. The van der Waals surface area contributed by atoms with Crippen molar-refractivity contribution in [3.8, 4) is 16.9 Å². The number of hydrogen-bond acceptors (Lipinski definition) is 5. The molecule has 0 aliphatic carbocycles. The van der Waals surface area contributed by atoms with Crippen LogP contribution in [0.25, 0.3) is 11.1 Å². The van der Waals surface area contributed by atoms with Crippen molar-refractivity contribution in [1.82, 2.24) is 0 Å². The molecular weight excluding hydrogens is 562 g/mol. The predicted octanol–water partition coefficient (Wildman–Crippen LogP) is 6.72. The molecule has 0 bridgehead atoms. The Kier molecular flexibility index (Phi) is 8.53. The van der Waals surface area contributed by atoms with Crippen LogP contribution in [-0.2, 0) is 15.9 Å². The molecule has 220 valence electrons. The molecule has 2 N–H and O–H groups in total. The van der Waals surface area contributed by atoms with Crippen LogP contribution in [0.2, 0.25) is 0 Å². The molecule has 0 radical (unpaired) electrons. The topological polar surface area (TPSA) is 87.7 Å². The van der Waals surface area contributed by atoms with E-state index in [1.165, 1.54) is 56.5 Å². The number of ether oxygens (including phenoxy) is 1. The highest BCUT2D eigenvalue weighted by molar-refractivity contribution is 7.92. The second-order valence-corrected chi connectivity index (χ2v) is 11.9. The summed E-state index contributed by atoms with van der Waals surface area (Å²) in [4.78, 5) is 15.3. The van der Waals surface area contributed by atoms with Gasteiger partial charge in [-0.2, -0.15) is 0 Å². The molecule has 0 spiro atoms. The molecular formula is C29H31F4N3O4S. The van der Waals surface area contributed by atoms with E-state index in [9.17, 15) is 30.8 Å². The van der Waals surface area contributed by atoms with Crippen LogP contribution in [0.3, 0.4) is 0 Å². The fourth-order valence-electron chi connectivity index (χ4n) is 4.53. The Morgan fingerprint density at radius 2 is 1.63 bits per heavy atom. The summed E-state index contributed by atoms with van der Waals surface area (Å²) in [6, 6.07) is 14.6. The number of benzene rings is 3. The number of carbonyl (C=O) groups is 1. The van der Waals surface area contributed by atoms with Crippen LogP contribution in [0.1, 0.15) is 42.6 Å². The maximum absolute atomic E-state index is 13.8. The normalized spacial score (nSPS) is 15.3. The molecule has 0 saturated carbocycles. The van der Waals surface area contributed by atoms with E-state index in [1.54, 1.807) is 23.1 Å². The Labute approximate surface area is 236 Å². The number of halogens is 4. The van der Waals surface area contributed by atoms with Crippen molar-refractivity contribution < 1.29 is 35.5 Å². The highest BCUT2D eigenvalue weighted by Crippen LogP contribution is 2.37. The lowest BCUT2D eigenvalue weighted by Gasteiger charge is -2.34. The molecule has 12 heteroatoms. The maximum Gasteiger partial charge on any atom is 0.270 e. The third kappa shape index (κ3) is 7.29. The van der Waals surface area contributed by atoms with Gasteiger partial charge in [-0.15, -0.1) is 0 Å². The van der Waals surface area contributed by atoms with Crippen LogP contribution in [-0.4, -0.2) is 46.2 Å². The van der Waals surface area contributed by atoms with Crippen molar-refractivity contribution >= 4 is 33.0 Å². The molecule has 7 nitrogen and oxygen atoms in total. The number of nitrogens with one attached hydrogen (secondary N) is 2. The molecule has 1 fully saturated rings. The van der Waals surface area contributed by atoms with Crippen molar-refractivity contribution in [2.75, 3.05) is 40.9 Å². The number of methoxy groups -OCH3 is 1. The summed E-state index contributed by atoms with van der Waals surface area (Å²) in [6.07, 6.45) is -0.597. The first-order valence-electron chi connectivity index (χ1n) is 13.0. The maximum atomic E-state index is 13.8. The number of anilines is 3. The number of rotatable bonds is 9. The molecule has 0 aromatic heterocycles. The van der Waals surface area contributed by atoms with E-state index in [1.807, 2.05) is 0 Å². The van der Waals surface area contributed by atoms with E-state index < -0.39 is 27.8 Å². The van der Waals surface area contributed by atoms with E-state index in [2.05, 4.69) is 10.0 Å². The molecule has 1 saturated heterocycles. The molecule has 41 heavy (non-hydrogen) atoms. The second kappa shape index (κ2) is 11.6. The minimum absolute atomic E-state index is 0.118. The zero-order valence-electron chi connectivity index (χ0n) is 22.8. The molecule has 4 rings (SSSR count). The number of alkyl halides is 4. The van der Waals surface area contributed by atoms with E-state index in [-0.39, 0.29) is 48.5 Å². The van der Waals surface area contributed by atoms with E-state index in [0.29, 0.717) is 28.3 Å². The first-order chi connectivity index (χ1) is 19.2. The van der Waals surface area contributed by atoms with Gasteiger partial charge in [-0.3, -0.25) is 9.52 Å². The number of nitrogens with zero attached hydrogens (tertiary/aromatic N) is 1. The Bertz CT molecular complexity index is 1510. The minimum Gasteiger partial charge on any atom is -0.495 e. The minimum atomic E-state index is -3.62. The number of piperidine rings is 1. The van der Waals surface area contributed by atoms with Crippen molar-refractivity contribution in [2.24, 2.45) is 0 Å². The largest absolute Gasteiger partial charge is 0.495 e. The van der Waals surface area contributed by atoms with Gasteiger partial charge in [0.15, 0.2) is 0 Å². The lowest BCUT2D eigenvalue weighted by atomic mass is 9.96. The fraction of sp³-hybridized carbons (Fsp3) is 0.345. The summed E-state index contributed by atoms with van der Waals surface area (Å²) in [5, 5.41) is 2.80. The van der Waals surface area contributed by atoms with Crippen molar-refractivity contribution in [3.63, 3.8) is 0 Å². The highest BCUT2D eigenvalue weighted by atomic mass is 32.2. The summed E-state index contributed by atoms with van der Waals surface area (Å²) in [5.74, 6) is -6.04. The standard InChI is InChI=1S/C29H31F4N3O4S/c1-4-41(38,39)35-22-9-11-23(24(17-22)19-5-7-20(8-6-19)28(2,30)31)27(37)34-21-10-12-26(40-3)25(18-21)36-15-13-29(32,33)14-16-36/h5-12,17-18,35H,4,13-16H2,1-3H3,(H,34,37). The fourth-order valence-corrected chi connectivity index (χ4v) is 5.16. The number of hydrogen-bond donors (Lipinski definition) is 2. The van der Waals surface area contributed by atoms with Gasteiger partial charge in [0, 0.05) is 55.4 Å². The molecule has 1 heterocycles. The number of sulfonamides is 1. The third-order valence-corrected chi connectivity index (χ3v) is 8.20. The van der Waals surface area contributed by atoms with Crippen LogP contribution in [0.5, 0.6) is 5.75 Å². The SMILES string of the molecule is CCS(=O)(=O)Nc1ccc(C(=O)Nc2ccc(OC)c(N3CCC(F)(F)CC3)c2)c(-c2ccc(C(C)(F)F)cc2)c1. The molecule has 1 aliphatic heterocycles. The molecule has 1 aliphatic rings. The van der Waals surface area contributed by atoms with Gasteiger partial charge < -0.3 is 15.0 Å². The Hall–Kier alpha value is -3.80. The average molecular weight is 594 g/mol. The Balaban J connectivity index is 1.68. The Morgan fingerprint density at radius 3 is 2.22 bits per heavy atom. The van der Waals surface area contributed by atoms with Gasteiger partial charge in [0.1, 0.15) is 5.75 Å². The van der Waals surface area contributed by atoms with Crippen molar-refractivity contribution in [1.29, 1.82) is 0 Å². The predicted molar refractivity (Wildman–Crippen MR) is 152 cm³/mol. The summed E-state index contributed by atoms with van der Waals surface area (Å²) < 4.78 is 87.2. The van der Waals surface area contributed by atoms with Crippen LogP contribution in [0, 0.1) is 0 Å². The zero-order valence-corrected chi connectivity index (χ0v) is 23.6.